The zero-order chi connectivity index (χ0) is 19.0. The maximum absolute atomic E-state index is 13.8. The quantitative estimate of drug-likeness (QED) is 0.605. The summed E-state index contributed by atoms with van der Waals surface area (Å²) in [5.41, 5.74) is 0.559. The van der Waals surface area contributed by atoms with Crippen LogP contribution >= 0.6 is 0 Å². The van der Waals surface area contributed by atoms with Gasteiger partial charge >= 0.3 is 0 Å². The second kappa shape index (κ2) is 4.71. The fraction of sp³-hybridized carbons (Fsp3) is 0.870. The molecule has 4 nitrogen and oxygen atoms in total. The van der Waals surface area contributed by atoms with Crippen LogP contribution < -0.4 is 0 Å². The lowest BCUT2D eigenvalue weighted by atomic mass is 9.39. The van der Waals surface area contributed by atoms with Crippen LogP contribution in [0.25, 0.3) is 0 Å². The summed E-state index contributed by atoms with van der Waals surface area (Å²) in [5.74, 6) is 0.437. The first kappa shape index (κ1) is 17.2. The van der Waals surface area contributed by atoms with Crippen molar-refractivity contribution >= 4 is 5.78 Å². The van der Waals surface area contributed by atoms with E-state index in [2.05, 4.69) is 20.4 Å². The fourth-order valence-electron chi connectivity index (χ4n) is 8.77. The third-order valence-corrected chi connectivity index (χ3v) is 9.45. The van der Waals surface area contributed by atoms with Gasteiger partial charge in [0.2, 0.25) is 0 Å². The van der Waals surface area contributed by atoms with Gasteiger partial charge in [-0.25, -0.2) is 0 Å². The molecule has 0 radical (unpaired) electrons. The van der Waals surface area contributed by atoms with Crippen molar-refractivity contribution in [3.63, 3.8) is 0 Å². The van der Waals surface area contributed by atoms with Crippen LogP contribution in [0.2, 0.25) is 0 Å². The van der Waals surface area contributed by atoms with Crippen LogP contribution in [0.1, 0.15) is 59.8 Å². The van der Waals surface area contributed by atoms with Crippen LogP contribution in [0, 0.1) is 34.0 Å². The molecule has 148 valence electrons. The average molecular weight is 373 g/mol. The van der Waals surface area contributed by atoms with E-state index in [1.54, 1.807) is 0 Å². The van der Waals surface area contributed by atoms with Crippen LogP contribution in [-0.4, -0.2) is 36.5 Å². The first-order valence-electron chi connectivity index (χ1n) is 10.8. The number of hydrogen-bond acceptors (Lipinski definition) is 4. The summed E-state index contributed by atoms with van der Waals surface area (Å²) in [6, 6.07) is 0. The summed E-state index contributed by atoms with van der Waals surface area (Å²) in [6.07, 6.45) is 5.49. The average Bonchev–Trinajstić information content (AvgIpc) is 3.00. The van der Waals surface area contributed by atoms with E-state index in [1.807, 2.05) is 13.8 Å². The largest absolute Gasteiger partial charge is 0.377 e. The topological polar surface area (TPSA) is 44.8 Å². The van der Waals surface area contributed by atoms with Gasteiger partial charge in [-0.1, -0.05) is 26.8 Å². The monoisotopic (exact) mass is 372 g/mol. The minimum Gasteiger partial charge on any atom is -0.377 e. The van der Waals surface area contributed by atoms with E-state index in [4.69, 9.17) is 14.2 Å². The van der Waals surface area contributed by atoms with E-state index in [9.17, 15) is 4.79 Å². The molecular weight excluding hydrogens is 340 g/mol. The molecule has 0 N–H and O–H groups in total. The number of ketones is 1. The molecule has 4 saturated carbocycles. The molecule has 6 fully saturated rings. The minimum absolute atomic E-state index is 0.0782. The zero-order valence-corrected chi connectivity index (χ0v) is 17.0. The van der Waals surface area contributed by atoms with Crippen LogP contribution in [0.3, 0.4) is 0 Å². The number of rotatable bonds is 0. The molecule has 4 heteroatoms. The Morgan fingerprint density at radius 1 is 1.07 bits per heavy atom. The molecule has 2 spiro atoms. The van der Waals surface area contributed by atoms with Crippen LogP contribution in [0.15, 0.2) is 12.2 Å². The van der Waals surface area contributed by atoms with Gasteiger partial charge < -0.3 is 14.2 Å². The lowest BCUT2D eigenvalue weighted by Crippen LogP contribution is -2.73. The molecule has 0 aromatic rings. The Morgan fingerprint density at radius 3 is 2.63 bits per heavy atom. The van der Waals surface area contributed by atoms with Gasteiger partial charge in [0.05, 0.1) is 30.3 Å². The van der Waals surface area contributed by atoms with Crippen molar-refractivity contribution in [1.29, 1.82) is 0 Å². The van der Waals surface area contributed by atoms with Gasteiger partial charge in [-0.05, 0) is 56.4 Å². The molecule has 6 aliphatic rings. The summed E-state index contributed by atoms with van der Waals surface area (Å²) < 4.78 is 19.6. The Kier molecular flexibility index (Phi) is 3.00. The van der Waals surface area contributed by atoms with Crippen molar-refractivity contribution in [1.82, 2.24) is 0 Å². The smallest absolute Gasteiger partial charge is 0.170 e. The number of ether oxygens (including phenoxy) is 3. The second-order valence-electron chi connectivity index (χ2n) is 11.4. The molecule has 4 aliphatic carbocycles. The lowest BCUT2D eigenvalue weighted by molar-refractivity contribution is -0.379. The van der Waals surface area contributed by atoms with E-state index in [0.29, 0.717) is 5.92 Å². The Hall–Kier alpha value is -0.710. The third-order valence-electron chi connectivity index (χ3n) is 9.45. The van der Waals surface area contributed by atoms with Gasteiger partial charge in [0.25, 0.3) is 0 Å². The van der Waals surface area contributed by atoms with E-state index in [-0.39, 0.29) is 46.8 Å². The van der Waals surface area contributed by atoms with Crippen LogP contribution in [0.4, 0.5) is 0 Å². The number of hydrogen-bond donors (Lipinski definition) is 0. The number of carbonyl (C=O) groups excluding carboxylic acids is 1. The molecule has 0 unspecified atom stereocenters. The third kappa shape index (κ3) is 1.72. The normalized spacial score (nSPS) is 56.6. The summed E-state index contributed by atoms with van der Waals surface area (Å²) in [7, 11) is 0. The zero-order valence-electron chi connectivity index (χ0n) is 17.0. The highest BCUT2D eigenvalue weighted by molar-refractivity contribution is 6.05. The van der Waals surface area contributed by atoms with Crippen molar-refractivity contribution in [3.8, 4) is 0 Å². The van der Waals surface area contributed by atoms with Gasteiger partial charge in [0.1, 0.15) is 0 Å². The summed E-state index contributed by atoms with van der Waals surface area (Å²) >= 11 is 0. The van der Waals surface area contributed by atoms with Gasteiger partial charge in [-0.2, -0.15) is 0 Å². The predicted molar refractivity (Wildman–Crippen MR) is 99.9 cm³/mol. The Bertz CT molecular complexity index is 753. The van der Waals surface area contributed by atoms with Gasteiger partial charge in [-0.3, -0.25) is 4.79 Å². The van der Waals surface area contributed by atoms with Gasteiger partial charge in [0.15, 0.2) is 11.6 Å². The Labute approximate surface area is 162 Å². The minimum atomic E-state index is -0.646. The first-order valence-corrected chi connectivity index (χ1v) is 10.8. The van der Waals surface area contributed by atoms with E-state index >= 15 is 0 Å². The van der Waals surface area contributed by atoms with Crippen molar-refractivity contribution < 1.29 is 19.0 Å². The maximum Gasteiger partial charge on any atom is 0.170 e. The number of carbonyl (C=O) groups is 1. The van der Waals surface area contributed by atoms with Crippen molar-refractivity contribution in [2.24, 2.45) is 34.0 Å². The molecule has 2 bridgehead atoms. The summed E-state index contributed by atoms with van der Waals surface area (Å²) in [4.78, 5) is 13.8. The predicted octanol–water partition coefficient (Wildman–Crippen LogP) is 3.88. The maximum atomic E-state index is 13.8. The lowest BCUT2D eigenvalue weighted by Gasteiger charge is -2.67. The molecular formula is C23H32O4. The highest BCUT2D eigenvalue weighted by atomic mass is 16.7. The molecule has 2 heterocycles. The standard InChI is InChI=1S/C23H32O4/c1-12-13-9-14-17-22(11-25-14)8-6-7-20(2,3)15(22)10-16-23(17,18(12)24)19(13)27-21(4,5)26-16/h13-17,19H,1,6-11H2,2-5H3/t13-,14+,15+,16+,17-,19+,22-,23-/m0/s1. The van der Waals surface area contributed by atoms with E-state index in [1.165, 1.54) is 19.3 Å². The SMILES string of the molecule is C=C1C(=O)[C@]23[C@@H]4OC(C)(C)O[C@@H]2C[C@@H]2C(C)(C)CCC[C@]25CO[C@H](C[C@@H]14)[C@@H]53. The Balaban J connectivity index is 1.60. The van der Waals surface area contributed by atoms with Crippen molar-refractivity contribution in [2.75, 3.05) is 6.61 Å². The highest BCUT2D eigenvalue weighted by Gasteiger charge is 2.81. The van der Waals surface area contributed by atoms with E-state index in [0.717, 1.165) is 25.0 Å². The van der Waals surface area contributed by atoms with Crippen molar-refractivity contribution in [2.45, 2.75) is 83.9 Å². The molecule has 0 aromatic heterocycles. The van der Waals surface area contributed by atoms with Crippen LogP contribution in [-0.2, 0) is 19.0 Å². The molecule has 2 aliphatic heterocycles. The Morgan fingerprint density at radius 2 is 1.85 bits per heavy atom. The van der Waals surface area contributed by atoms with Gasteiger partial charge in [-0.15, -0.1) is 0 Å². The molecule has 2 saturated heterocycles. The number of Topliss-reactive ketones (excluding diaryl/α,β-unsaturated/α-hetero) is 1. The van der Waals surface area contributed by atoms with E-state index < -0.39 is 11.2 Å². The molecule has 27 heavy (non-hydrogen) atoms. The highest BCUT2D eigenvalue weighted by Crippen LogP contribution is 2.75. The molecule has 8 atom stereocenters. The van der Waals surface area contributed by atoms with Crippen LogP contribution in [0.5, 0.6) is 0 Å². The van der Waals surface area contributed by atoms with Crippen molar-refractivity contribution in [3.05, 3.63) is 12.2 Å². The second-order valence-corrected chi connectivity index (χ2v) is 11.4. The fourth-order valence-corrected chi connectivity index (χ4v) is 8.77. The molecule has 0 amide bonds. The summed E-state index contributed by atoms with van der Waals surface area (Å²) in [6.45, 7) is 13.9. The summed E-state index contributed by atoms with van der Waals surface area (Å²) in [5, 5.41) is 0. The molecule has 0 aromatic carbocycles. The molecule has 6 rings (SSSR count). The first-order chi connectivity index (χ1) is 12.6. The van der Waals surface area contributed by atoms with Gasteiger partial charge in [0, 0.05) is 17.3 Å².